The number of para-hydroxylation sites is 1. The van der Waals surface area contributed by atoms with E-state index in [2.05, 4.69) is 46.9 Å². The van der Waals surface area contributed by atoms with Gasteiger partial charge in [-0.05, 0) is 18.1 Å². The summed E-state index contributed by atoms with van der Waals surface area (Å²) in [6, 6.07) is 20.3. The van der Waals surface area contributed by atoms with Crippen LogP contribution < -0.4 is 5.73 Å². The number of hydrogen-bond acceptors (Lipinski definition) is 5. The highest BCUT2D eigenvalue weighted by molar-refractivity contribution is 7.98. The molecule has 0 aliphatic carbocycles. The standard InChI is InChI=1S/C25H28N6OS/c1-18(2)15-30-23(14-13-22(26)32)27-28-25(30)33-17-20-16-31(21-11-7-4-8-12-21)29-24(20)19-9-5-3-6-10-19/h3-12,16,18H,13-15,17H2,1-2H3,(H2,26,32). The van der Waals surface area contributed by atoms with Gasteiger partial charge in [-0.25, -0.2) is 4.68 Å². The predicted molar refractivity (Wildman–Crippen MR) is 131 cm³/mol. The summed E-state index contributed by atoms with van der Waals surface area (Å²) in [6.45, 7) is 5.10. The molecule has 0 aliphatic heterocycles. The maximum atomic E-state index is 11.3. The Kier molecular flexibility index (Phi) is 7.24. The summed E-state index contributed by atoms with van der Waals surface area (Å²) in [5.41, 5.74) is 9.51. The van der Waals surface area contributed by atoms with Gasteiger partial charge in [0.1, 0.15) is 5.82 Å². The van der Waals surface area contributed by atoms with Gasteiger partial charge in [0.2, 0.25) is 5.91 Å². The number of carbonyl (C=O) groups excluding carboxylic acids is 1. The minimum absolute atomic E-state index is 0.267. The van der Waals surface area contributed by atoms with E-state index in [0.29, 0.717) is 18.1 Å². The van der Waals surface area contributed by atoms with Gasteiger partial charge in [0.05, 0.1) is 11.4 Å². The number of primary amides is 1. The summed E-state index contributed by atoms with van der Waals surface area (Å²) in [6.07, 6.45) is 2.85. The summed E-state index contributed by atoms with van der Waals surface area (Å²) in [4.78, 5) is 11.3. The van der Waals surface area contributed by atoms with Gasteiger partial charge in [-0.15, -0.1) is 10.2 Å². The molecule has 0 saturated carbocycles. The molecule has 0 spiro atoms. The topological polar surface area (TPSA) is 91.6 Å². The highest BCUT2D eigenvalue weighted by Crippen LogP contribution is 2.30. The number of aromatic nitrogens is 5. The van der Waals surface area contributed by atoms with Crippen molar-refractivity contribution in [3.63, 3.8) is 0 Å². The van der Waals surface area contributed by atoms with Crippen LogP contribution in [0.2, 0.25) is 0 Å². The molecule has 0 bridgehead atoms. The molecule has 0 radical (unpaired) electrons. The Morgan fingerprint density at radius 3 is 2.39 bits per heavy atom. The van der Waals surface area contributed by atoms with Crippen LogP contribution in [-0.2, 0) is 23.5 Å². The molecule has 0 atom stereocenters. The van der Waals surface area contributed by atoms with E-state index in [4.69, 9.17) is 10.8 Å². The first kappa shape index (κ1) is 22.8. The number of carbonyl (C=O) groups is 1. The first-order chi connectivity index (χ1) is 16.0. The van der Waals surface area contributed by atoms with Crippen molar-refractivity contribution in [3.05, 3.63) is 78.2 Å². The van der Waals surface area contributed by atoms with Gasteiger partial charge in [0.25, 0.3) is 0 Å². The van der Waals surface area contributed by atoms with Crippen LogP contribution in [0.15, 0.2) is 72.0 Å². The molecule has 33 heavy (non-hydrogen) atoms. The Bertz CT molecular complexity index is 1200. The molecule has 1 amide bonds. The number of aryl methyl sites for hydroxylation is 1. The van der Waals surface area contributed by atoms with Gasteiger partial charge in [-0.2, -0.15) is 5.10 Å². The van der Waals surface area contributed by atoms with E-state index in [-0.39, 0.29) is 12.3 Å². The zero-order valence-electron chi connectivity index (χ0n) is 18.9. The lowest BCUT2D eigenvalue weighted by Gasteiger charge is -2.12. The van der Waals surface area contributed by atoms with Gasteiger partial charge >= 0.3 is 0 Å². The van der Waals surface area contributed by atoms with E-state index in [1.165, 1.54) is 0 Å². The molecular formula is C25H28N6OS. The second-order valence-electron chi connectivity index (χ2n) is 8.31. The number of amides is 1. The molecule has 4 rings (SSSR count). The number of thioether (sulfide) groups is 1. The smallest absolute Gasteiger partial charge is 0.217 e. The fraction of sp³-hybridized carbons (Fsp3) is 0.280. The van der Waals surface area contributed by atoms with Crippen molar-refractivity contribution in [2.75, 3.05) is 0 Å². The van der Waals surface area contributed by atoms with Gasteiger partial charge in [-0.3, -0.25) is 4.79 Å². The van der Waals surface area contributed by atoms with Crippen LogP contribution in [0.4, 0.5) is 0 Å². The summed E-state index contributed by atoms with van der Waals surface area (Å²) in [5, 5.41) is 14.5. The normalized spacial score (nSPS) is 11.2. The Morgan fingerprint density at radius 2 is 1.73 bits per heavy atom. The number of benzene rings is 2. The molecule has 4 aromatic rings. The second kappa shape index (κ2) is 10.5. The fourth-order valence-electron chi connectivity index (χ4n) is 3.60. The van der Waals surface area contributed by atoms with Crippen LogP contribution in [0, 0.1) is 5.92 Å². The largest absolute Gasteiger partial charge is 0.370 e. The van der Waals surface area contributed by atoms with Crippen molar-refractivity contribution in [3.8, 4) is 16.9 Å². The van der Waals surface area contributed by atoms with Crippen LogP contribution >= 0.6 is 11.8 Å². The molecule has 0 saturated heterocycles. The van der Waals surface area contributed by atoms with Crippen molar-refractivity contribution in [1.82, 2.24) is 24.5 Å². The molecule has 2 aromatic heterocycles. The first-order valence-electron chi connectivity index (χ1n) is 11.0. The highest BCUT2D eigenvalue weighted by atomic mass is 32.2. The molecule has 8 heteroatoms. The zero-order chi connectivity index (χ0) is 23.2. The van der Waals surface area contributed by atoms with Crippen molar-refractivity contribution < 1.29 is 4.79 Å². The average Bonchev–Trinajstić information content (AvgIpc) is 3.41. The number of hydrogen-bond donors (Lipinski definition) is 1. The zero-order valence-corrected chi connectivity index (χ0v) is 19.7. The number of nitrogens with two attached hydrogens (primary N) is 1. The van der Waals surface area contributed by atoms with Crippen LogP contribution in [0.5, 0.6) is 0 Å². The fourth-order valence-corrected chi connectivity index (χ4v) is 4.53. The van der Waals surface area contributed by atoms with E-state index >= 15 is 0 Å². The Labute approximate surface area is 198 Å². The van der Waals surface area contributed by atoms with Gasteiger partial charge in [0, 0.05) is 42.5 Å². The SMILES string of the molecule is CC(C)Cn1c(CCC(N)=O)nnc1SCc1cn(-c2ccccc2)nc1-c1ccccc1. The van der Waals surface area contributed by atoms with Crippen molar-refractivity contribution in [2.45, 2.75) is 44.1 Å². The summed E-state index contributed by atoms with van der Waals surface area (Å²) >= 11 is 1.63. The lowest BCUT2D eigenvalue weighted by Crippen LogP contribution is -2.15. The third-order valence-corrected chi connectivity index (χ3v) is 6.17. The van der Waals surface area contributed by atoms with E-state index < -0.39 is 0 Å². The van der Waals surface area contributed by atoms with Crippen LogP contribution in [0.3, 0.4) is 0 Å². The second-order valence-corrected chi connectivity index (χ2v) is 9.25. The molecule has 0 aliphatic rings. The van der Waals surface area contributed by atoms with E-state index in [9.17, 15) is 4.79 Å². The third-order valence-electron chi connectivity index (χ3n) is 5.15. The average molecular weight is 461 g/mol. The van der Waals surface area contributed by atoms with E-state index in [1.54, 1.807) is 11.8 Å². The van der Waals surface area contributed by atoms with Crippen molar-refractivity contribution >= 4 is 17.7 Å². The van der Waals surface area contributed by atoms with Gasteiger partial charge in [-0.1, -0.05) is 74.1 Å². The van der Waals surface area contributed by atoms with Gasteiger partial charge in [0.15, 0.2) is 5.16 Å². The molecule has 170 valence electrons. The maximum Gasteiger partial charge on any atom is 0.217 e. The summed E-state index contributed by atoms with van der Waals surface area (Å²) in [5.74, 6) is 1.59. The van der Waals surface area contributed by atoms with Gasteiger partial charge < -0.3 is 10.3 Å². The molecule has 7 nitrogen and oxygen atoms in total. The number of nitrogens with zero attached hydrogens (tertiary/aromatic N) is 5. The molecule has 0 fully saturated rings. The van der Waals surface area contributed by atoms with Crippen molar-refractivity contribution in [1.29, 1.82) is 0 Å². The summed E-state index contributed by atoms with van der Waals surface area (Å²) < 4.78 is 4.04. The third kappa shape index (κ3) is 5.70. The monoisotopic (exact) mass is 460 g/mol. The quantitative estimate of drug-likeness (QED) is 0.352. The lowest BCUT2D eigenvalue weighted by atomic mass is 10.1. The Morgan fingerprint density at radius 1 is 1.03 bits per heavy atom. The van der Waals surface area contributed by atoms with Crippen LogP contribution in [0.1, 0.15) is 31.7 Å². The van der Waals surface area contributed by atoms with Crippen LogP contribution in [-0.4, -0.2) is 30.5 Å². The molecule has 2 N–H and O–H groups in total. The Hall–Kier alpha value is -3.39. The van der Waals surface area contributed by atoms with Crippen molar-refractivity contribution in [2.24, 2.45) is 11.7 Å². The lowest BCUT2D eigenvalue weighted by molar-refractivity contribution is -0.118. The number of rotatable bonds is 10. The minimum Gasteiger partial charge on any atom is -0.370 e. The van der Waals surface area contributed by atoms with E-state index in [1.807, 2.05) is 53.2 Å². The molecule has 2 aromatic carbocycles. The minimum atomic E-state index is -0.330. The first-order valence-corrected chi connectivity index (χ1v) is 12.0. The Balaban J connectivity index is 1.63. The van der Waals surface area contributed by atoms with E-state index in [0.717, 1.165) is 40.0 Å². The molecular weight excluding hydrogens is 432 g/mol. The van der Waals surface area contributed by atoms with Crippen LogP contribution in [0.25, 0.3) is 16.9 Å². The predicted octanol–water partition coefficient (Wildman–Crippen LogP) is 4.50. The molecule has 0 unspecified atom stereocenters. The maximum absolute atomic E-state index is 11.3. The summed E-state index contributed by atoms with van der Waals surface area (Å²) in [7, 11) is 0. The highest BCUT2D eigenvalue weighted by Gasteiger charge is 2.17. The molecule has 2 heterocycles.